The largest absolute Gasteiger partial charge is 0.509 e. The lowest BCUT2D eigenvalue weighted by Crippen LogP contribution is -2.53. The fourth-order valence-corrected chi connectivity index (χ4v) is 13.2. The number of cyclic esters (lactones) is 1. The predicted molar refractivity (Wildman–Crippen MR) is 359 cm³/mol. The van der Waals surface area contributed by atoms with E-state index in [1.807, 2.05) is 41.0 Å². The zero-order valence-electron chi connectivity index (χ0n) is 54.4. The summed E-state index contributed by atoms with van der Waals surface area (Å²) in [5.74, 6) is -16.1. The van der Waals surface area contributed by atoms with Crippen molar-refractivity contribution < 1.29 is 107 Å². The van der Waals surface area contributed by atoms with Crippen molar-refractivity contribution in [3.63, 3.8) is 0 Å². The molecule has 0 fully saturated rings. The second kappa shape index (κ2) is 36.9. The number of carbonyl (C=O) groups excluding carboxylic acids is 9. The summed E-state index contributed by atoms with van der Waals surface area (Å²) in [6, 6.07) is 18.7. The molecule has 2 aliphatic rings. The van der Waals surface area contributed by atoms with Crippen molar-refractivity contribution in [2.24, 2.45) is 17.6 Å². The molecule has 8 atom stereocenters. The van der Waals surface area contributed by atoms with E-state index in [1.54, 1.807) is 73.7 Å². The highest BCUT2D eigenvalue weighted by Crippen LogP contribution is 2.41. The van der Waals surface area contributed by atoms with Gasteiger partial charge in [0.25, 0.3) is 5.56 Å². The van der Waals surface area contributed by atoms with Crippen LogP contribution in [-0.2, 0) is 103 Å². The summed E-state index contributed by atoms with van der Waals surface area (Å²) in [5.41, 5.74) is 7.59. The second-order valence-corrected chi connectivity index (χ2v) is 26.2. The van der Waals surface area contributed by atoms with E-state index in [4.69, 9.17) is 30.0 Å². The second-order valence-electron chi connectivity index (χ2n) is 23.6. The number of benzene rings is 3. The van der Waals surface area contributed by atoms with Crippen molar-refractivity contribution >= 4 is 116 Å². The van der Waals surface area contributed by atoms with Gasteiger partial charge in [-0.15, -0.1) is 0 Å². The van der Waals surface area contributed by atoms with Gasteiger partial charge in [0.15, 0.2) is 11.6 Å². The van der Waals surface area contributed by atoms with Gasteiger partial charge in [0.05, 0.1) is 53.4 Å². The van der Waals surface area contributed by atoms with Gasteiger partial charge in [0.1, 0.15) is 31.3 Å². The van der Waals surface area contributed by atoms with Crippen LogP contribution >= 0.6 is 21.6 Å². The molecule has 0 radical (unpaired) electrons. The number of amides is 6. The summed E-state index contributed by atoms with van der Waals surface area (Å²) < 4.78 is 17.9. The molecule has 538 valence electrons. The topological polar surface area (TPSA) is 501 Å². The molecule has 5 aromatic rings. The summed E-state index contributed by atoms with van der Waals surface area (Å²) in [6.45, 7) is 0.208. The summed E-state index contributed by atoms with van der Waals surface area (Å²) in [6.07, 6.45) is -6.19. The number of ketones is 2. The molecule has 0 aliphatic carbocycles. The van der Waals surface area contributed by atoms with E-state index >= 15 is 0 Å². The molecule has 34 heteroatoms. The van der Waals surface area contributed by atoms with Crippen molar-refractivity contribution in [2.45, 2.75) is 127 Å². The van der Waals surface area contributed by atoms with E-state index in [1.165, 1.54) is 4.57 Å². The number of carboxylic acid groups (broad SMARTS) is 5. The highest BCUT2D eigenvalue weighted by atomic mass is 33.1. The number of nitrogens with zero attached hydrogens (tertiary/aromatic N) is 2. The fraction of sp³-hybridized carbons (Fsp3) is 0.403. The quantitative estimate of drug-likeness (QED) is 0.0149. The van der Waals surface area contributed by atoms with Crippen LogP contribution in [0.25, 0.3) is 22.3 Å². The van der Waals surface area contributed by atoms with Crippen LogP contribution in [0, 0.1) is 11.8 Å². The number of pyridine rings is 2. The first kappa shape index (κ1) is 77.6. The number of aromatic nitrogens is 2. The average molecular weight is 1440 g/mol. The Balaban J connectivity index is 0.885. The first-order valence-electron chi connectivity index (χ1n) is 31.8. The molecular weight excluding hydrogens is 1360 g/mol. The summed E-state index contributed by atoms with van der Waals surface area (Å²) in [5, 5.41) is 62.4. The number of esters is 1. The van der Waals surface area contributed by atoms with Crippen molar-refractivity contribution in [1.29, 1.82) is 0 Å². The Bertz CT molecular complexity index is 4010. The lowest BCUT2D eigenvalue weighted by Gasteiger charge is -2.35. The molecule has 3 aromatic carbocycles. The van der Waals surface area contributed by atoms with E-state index in [-0.39, 0.29) is 68.2 Å². The molecule has 7 rings (SSSR count). The third-order valence-electron chi connectivity index (χ3n) is 16.4. The first-order chi connectivity index (χ1) is 48.2. The van der Waals surface area contributed by atoms with Crippen molar-refractivity contribution in [3.05, 3.63) is 135 Å². The van der Waals surface area contributed by atoms with E-state index in [0.717, 1.165) is 32.5 Å². The monoisotopic (exact) mass is 1440 g/mol. The molecule has 32 nitrogen and oxygen atoms in total. The third-order valence-corrected chi connectivity index (χ3v) is 18.9. The van der Waals surface area contributed by atoms with E-state index in [0.29, 0.717) is 28.0 Å². The Kier molecular flexibility index (Phi) is 28.4. The van der Waals surface area contributed by atoms with Gasteiger partial charge in [0, 0.05) is 79.1 Å². The number of hydrogen-bond donors (Lipinski definition) is 12. The molecule has 0 saturated heterocycles. The van der Waals surface area contributed by atoms with Crippen molar-refractivity contribution in [3.8, 4) is 11.4 Å². The average Bonchev–Trinajstić information content (AvgIpc) is 1.66. The smallest absolute Gasteiger partial charge is 0.481 e. The summed E-state index contributed by atoms with van der Waals surface area (Å²) >= 11 is 0. The van der Waals surface area contributed by atoms with E-state index in [9.17, 15) is 92.3 Å². The van der Waals surface area contributed by atoms with E-state index < -0.39 is 194 Å². The van der Waals surface area contributed by atoms with Gasteiger partial charge >= 0.3 is 48.0 Å². The first-order valence-corrected chi connectivity index (χ1v) is 34.3. The zero-order valence-corrected chi connectivity index (χ0v) is 56.0. The van der Waals surface area contributed by atoms with Gasteiger partial charge in [-0.25, -0.2) is 29.0 Å². The highest BCUT2D eigenvalue weighted by Gasteiger charge is 2.51. The summed E-state index contributed by atoms with van der Waals surface area (Å²) in [4.78, 5) is 198. The number of urea groups is 1. The van der Waals surface area contributed by atoms with Crippen LogP contribution in [0.1, 0.15) is 92.5 Å². The molecular formula is C67H75N9O23S2. The predicted octanol–water partition coefficient (Wildman–Crippen LogP) is 2.59. The van der Waals surface area contributed by atoms with Crippen LogP contribution in [-0.4, -0.2) is 180 Å². The van der Waals surface area contributed by atoms with Gasteiger partial charge in [-0.05, 0) is 61.4 Å². The van der Waals surface area contributed by atoms with Gasteiger partial charge < -0.3 is 81.9 Å². The zero-order chi connectivity index (χ0) is 73.5. The molecule has 0 unspecified atom stereocenters. The van der Waals surface area contributed by atoms with Crippen LogP contribution in [0.4, 0.5) is 9.59 Å². The number of hydrogen-bond acceptors (Lipinski definition) is 22. The number of para-hydroxylation sites is 1. The van der Waals surface area contributed by atoms with Gasteiger partial charge in [0.2, 0.25) is 29.2 Å². The highest BCUT2D eigenvalue weighted by molar-refractivity contribution is 8.76. The molecule has 13 N–H and O–H groups in total. The molecule has 0 saturated carbocycles. The molecule has 101 heavy (non-hydrogen) atoms. The minimum Gasteiger partial charge on any atom is -0.481 e. The molecule has 0 spiro atoms. The minimum atomic E-state index is -2.05. The number of rotatable bonds is 40. The Hall–Kier alpha value is -10.7. The van der Waals surface area contributed by atoms with Crippen LogP contribution in [0.5, 0.6) is 0 Å². The maximum absolute atomic E-state index is 14.3. The third kappa shape index (κ3) is 22.1. The van der Waals surface area contributed by atoms with Crippen LogP contribution < -0.4 is 43.2 Å². The number of Topliss-reactive ketones (excluding diaryl/α,β-unsaturated/α-hetero) is 2. The van der Waals surface area contributed by atoms with Gasteiger partial charge in [-0.3, -0.25) is 47.9 Å². The Morgan fingerprint density at radius 3 is 1.91 bits per heavy atom. The van der Waals surface area contributed by atoms with Gasteiger partial charge in [-0.1, -0.05) is 107 Å². The van der Waals surface area contributed by atoms with Crippen LogP contribution in [0.15, 0.2) is 102 Å². The lowest BCUT2D eigenvalue weighted by molar-refractivity contribution is -0.175. The number of ether oxygens (including phenoxy) is 3. The molecule has 2 aliphatic heterocycles. The SMILES string of the molecule is CC[C@@]1(OC(=O)OCCSSC[C@H](CC(=O)[C@H](CC(=O)O)NC(=O)[C@@H](N)CNC(=O)[C@@H](CC(=O)[C@H](Cc2ccccc2)NC(=O)CCNC(=O)CC[C@H](NC(=O)N[C@@H](CCC(=O)O)C(=O)O)C(=O)O)Cc2ccccc2)C(=O)O)C(=O)OCc2c1cc1n(c2=O)Cc2cc3ccccc3nc2-1. The molecule has 2 aromatic heterocycles. The molecule has 6 amide bonds. The Morgan fingerprint density at radius 1 is 0.653 bits per heavy atom. The maximum Gasteiger partial charge on any atom is 0.509 e. The summed E-state index contributed by atoms with van der Waals surface area (Å²) in [7, 11) is 2.02. The van der Waals surface area contributed by atoms with Crippen LogP contribution in [0.3, 0.4) is 0 Å². The van der Waals surface area contributed by atoms with Crippen LogP contribution in [0.2, 0.25) is 0 Å². The Labute approximate surface area is 583 Å². The molecule has 0 bridgehead atoms. The maximum atomic E-state index is 14.3. The lowest BCUT2D eigenvalue weighted by atomic mass is 9.85. The number of fused-ring (bicyclic) bond motifs is 5. The van der Waals surface area contributed by atoms with Crippen molar-refractivity contribution in [2.75, 3.05) is 31.2 Å². The minimum absolute atomic E-state index is 0.0373. The fourth-order valence-electron chi connectivity index (χ4n) is 11.1. The molecule has 4 heterocycles. The number of aliphatic carboxylic acids is 5. The Morgan fingerprint density at radius 2 is 1.28 bits per heavy atom. The number of nitrogens with two attached hydrogens (primary N) is 1. The van der Waals surface area contributed by atoms with Gasteiger partial charge in [-0.2, -0.15) is 0 Å². The number of nitrogens with one attached hydrogen (secondary N) is 6. The number of carbonyl (C=O) groups is 14. The number of carboxylic acids is 5. The normalized spacial score (nSPS) is 15.5. The van der Waals surface area contributed by atoms with Crippen molar-refractivity contribution in [1.82, 2.24) is 41.5 Å². The standard InChI is InChI=1S/C67H75N9O23S2/c1-2-67(43-30-50-57-40(27-38-15-9-10-16-45(38)72-57)33-76(50)60(87)42(43)34-98-64(67)94)99-66(96)97-23-24-100-101-35-41(61(88)89)29-52(78)49(31-56(83)84)73-59(86)44(68)32-70-58(85)39(25-36-11-5-3-6-12-36)28-51(77)48(26-37-13-7-4-8-14-37)71-54(80)21-22-69-53(79)19-17-46(62(90)91)74-65(95)75-47(63(92)93)18-20-55(81)82/h3-16,27,30,39,41,44,46-49H,2,17-26,28-29,31-35,68H2,1H3,(H,69,79)(H,70,85)(H,71,80)(H,73,86)(H,81,82)(H,83,84)(H,88,89)(H,90,91)(H,92,93)(H2,74,75,95)/t39-,41+,44+,46+,47+,48+,49+,67+/m1/s1. The van der Waals surface area contributed by atoms with E-state index in [2.05, 4.69) is 21.3 Å².